The normalized spacial score (nSPS) is 11.7. The van der Waals surface area contributed by atoms with Gasteiger partial charge in [0.2, 0.25) is 0 Å². The molecule has 0 heterocycles. The van der Waals surface area contributed by atoms with Crippen molar-refractivity contribution in [2.75, 3.05) is 0 Å². The fourth-order valence-electron chi connectivity index (χ4n) is 2.03. The Morgan fingerprint density at radius 2 is 2.10 bits per heavy atom. The smallest absolute Gasteiger partial charge is 0.315 e. The summed E-state index contributed by atoms with van der Waals surface area (Å²) in [6, 6.07) is 7.22. The van der Waals surface area contributed by atoms with Crippen molar-refractivity contribution in [1.82, 2.24) is 10.6 Å². The van der Waals surface area contributed by atoms with E-state index in [1.165, 1.54) is 0 Å². The minimum Gasteiger partial charge on any atom is -0.481 e. The highest BCUT2D eigenvalue weighted by Gasteiger charge is 2.14. The van der Waals surface area contributed by atoms with Gasteiger partial charge in [-0.25, -0.2) is 4.79 Å². The number of carbonyl (C=O) groups is 2. The largest absolute Gasteiger partial charge is 0.481 e. The lowest BCUT2D eigenvalue weighted by molar-refractivity contribution is -0.137. The molecule has 0 spiro atoms. The summed E-state index contributed by atoms with van der Waals surface area (Å²) < 4.78 is 0. The Labute approximate surface area is 119 Å². The third-order valence-corrected chi connectivity index (χ3v) is 2.93. The molecule has 2 amide bonds. The van der Waals surface area contributed by atoms with Gasteiger partial charge in [-0.05, 0) is 18.9 Å². The van der Waals surface area contributed by atoms with Gasteiger partial charge in [-0.15, -0.1) is 0 Å². The van der Waals surface area contributed by atoms with Crippen molar-refractivity contribution in [3.63, 3.8) is 0 Å². The number of hydrogen-bond donors (Lipinski definition) is 3. The van der Waals surface area contributed by atoms with E-state index in [4.69, 9.17) is 5.11 Å². The molecule has 1 rings (SSSR count). The molecular weight excluding hydrogens is 256 g/mol. The molecule has 5 nitrogen and oxygen atoms in total. The van der Waals surface area contributed by atoms with Crippen LogP contribution in [0, 0.1) is 6.92 Å². The summed E-state index contributed by atoms with van der Waals surface area (Å²) in [5.74, 6) is -0.901. The standard InChI is InChI=1S/C15H22N2O3/c1-3-5-13(9-14(18)19)17-15(20)16-10-12-7-4-6-11(2)8-12/h4,6-8,13H,3,5,9-10H2,1-2H3,(H,18,19)(H2,16,17,20). The summed E-state index contributed by atoms with van der Waals surface area (Å²) in [5.41, 5.74) is 2.16. The van der Waals surface area contributed by atoms with Crippen LogP contribution in [0.25, 0.3) is 0 Å². The zero-order chi connectivity index (χ0) is 15.0. The fourth-order valence-corrected chi connectivity index (χ4v) is 2.03. The van der Waals surface area contributed by atoms with Crippen LogP contribution in [0.15, 0.2) is 24.3 Å². The van der Waals surface area contributed by atoms with Crippen LogP contribution in [0.1, 0.15) is 37.3 Å². The molecule has 110 valence electrons. The van der Waals surface area contributed by atoms with Gasteiger partial charge in [-0.1, -0.05) is 43.2 Å². The van der Waals surface area contributed by atoms with Crippen molar-refractivity contribution in [3.05, 3.63) is 35.4 Å². The SMILES string of the molecule is CCCC(CC(=O)O)NC(=O)NCc1cccc(C)c1. The van der Waals surface area contributed by atoms with E-state index < -0.39 is 5.97 Å². The summed E-state index contributed by atoms with van der Waals surface area (Å²) in [6.07, 6.45) is 1.44. The molecule has 0 aliphatic carbocycles. The first-order chi connectivity index (χ1) is 9.51. The Kier molecular flexibility index (Phi) is 6.56. The number of carboxylic acid groups (broad SMARTS) is 1. The maximum Gasteiger partial charge on any atom is 0.315 e. The summed E-state index contributed by atoms with van der Waals surface area (Å²) in [4.78, 5) is 22.5. The van der Waals surface area contributed by atoms with E-state index in [0.717, 1.165) is 17.5 Å². The van der Waals surface area contributed by atoms with Crippen LogP contribution in [-0.4, -0.2) is 23.1 Å². The molecule has 0 aliphatic heterocycles. The van der Waals surface area contributed by atoms with Crippen molar-refractivity contribution in [2.24, 2.45) is 0 Å². The predicted octanol–water partition coefficient (Wildman–Crippen LogP) is 2.44. The van der Waals surface area contributed by atoms with Crippen LogP contribution in [-0.2, 0) is 11.3 Å². The molecule has 0 aromatic heterocycles. The Morgan fingerprint density at radius 3 is 2.70 bits per heavy atom. The van der Waals surface area contributed by atoms with Crippen molar-refractivity contribution in [2.45, 2.75) is 45.7 Å². The monoisotopic (exact) mass is 278 g/mol. The summed E-state index contributed by atoms with van der Waals surface area (Å²) in [5, 5.41) is 14.2. The molecular formula is C15H22N2O3. The van der Waals surface area contributed by atoms with Gasteiger partial charge in [-0.3, -0.25) is 4.79 Å². The van der Waals surface area contributed by atoms with Gasteiger partial charge in [0, 0.05) is 12.6 Å². The van der Waals surface area contributed by atoms with Crippen LogP contribution in [0.2, 0.25) is 0 Å². The Hall–Kier alpha value is -2.04. The first kappa shape index (κ1) is 16.0. The minimum absolute atomic E-state index is 0.0499. The molecule has 1 atom stereocenters. The lowest BCUT2D eigenvalue weighted by Crippen LogP contribution is -2.42. The van der Waals surface area contributed by atoms with Gasteiger partial charge in [0.05, 0.1) is 6.42 Å². The highest BCUT2D eigenvalue weighted by Crippen LogP contribution is 2.04. The van der Waals surface area contributed by atoms with Crippen LogP contribution in [0.5, 0.6) is 0 Å². The number of urea groups is 1. The van der Waals surface area contributed by atoms with Crippen LogP contribution in [0.4, 0.5) is 4.79 Å². The van der Waals surface area contributed by atoms with Gasteiger partial charge in [-0.2, -0.15) is 0 Å². The first-order valence-corrected chi connectivity index (χ1v) is 6.83. The van der Waals surface area contributed by atoms with Gasteiger partial charge in [0.15, 0.2) is 0 Å². The Bertz CT molecular complexity index is 460. The number of benzene rings is 1. The maximum absolute atomic E-state index is 11.8. The molecule has 1 aromatic rings. The van der Waals surface area contributed by atoms with E-state index in [9.17, 15) is 9.59 Å². The number of aliphatic carboxylic acids is 1. The van der Waals surface area contributed by atoms with Crippen LogP contribution >= 0.6 is 0 Å². The number of rotatable bonds is 7. The number of aryl methyl sites for hydroxylation is 1. The van der Waals surface area contributed by atoms with E-state index in [1.807, 2.05) is 38.1 Å². The average Bonchev–Trinajstić information content (AvgIpc) is 2.36. The van der Waals surface area contributed by atoms with Crippen molar-refractivity contribution in [1.29, 1.82) is 0 Å². The Balaban J connectivity index is 2.43. The van der Waals surface area contributed by atoms with Gasteiger partial charge < -0.3 is 15.7 Å². The average molecular weight is 278 g/mol. The van der Waals surface area contributed by atoms with Crippen molar-refractivity contribution < 1.29 is 14.7 Å². The number of amides is 2. The number of hydrogen-bond acceptors (Lipinski definition) is 2. The topological polar surface area (TPSA) is 78.4 Å². The van der Waals surface area contributed by atoms with Gasteiger partial charge in [0.1, 0.15) is 0 Å². The van der Waals surface area contributed by atoms with Gasteiger partial charge >= 0.3 is 12.0 Å². The van der Waals surface area contributed by atoms with Crippen molar-refractivity contribution >= 4 is 12.0 Å². The third-order valence-electron chi connectivity index (χ3n) is 2.93. The molecule has 1 unspecified atom stereocenters. The molecule has 0 aliphatic rings. The second-order valence-electron chi connectivity index (χ2n) is 4.90. The van der Waals surface area contributed by atoms with E-state index in [0.29, 0.717) is 13.0 Å². The highest BCUT2D eigenvalue weighted by molar-refractivity contribution is 5.75. The quantitative estimate of drug-likeness (QED) is 0.716. The van der Waals surface area contributed by atoms with Crippen LogP contribution in [0.3, 0.4) is 0 Å². The molecule has 0 bridgehead atoms. The number of carboxylic acids is 1. The number of nitrogens with one attached hydrogen (secondary N) is 2. The lowest BCUT2D eigenvalue weighted by atomic mass is 10.1. The van der Waals surface area contributed by atoms with E-state index in [1.54, 1.807) is 0 Å². The van der Waals surface area contributed by atoms with E-state index in [-0.39, 0.29) is 18.5 Å². The molecule has 20 heavy (non-hydrogen) atoms. The maximum atomic E-state index is 11.8. The molecule has 5 heteroatoms. The second-order valence-corrected chi connectivity index (χ2v) is 4.90. The number of carbonyl (C=O) groups excluding carboxylic acids is 1. The van der Waals surface area contributed by atoms with E-state index >= 15 is 0 Å². The second kappa shape index (κ2) is 8.19. The summed E-state index contributed by atoms with van der Waals surface area (Å²) >= 11 is 0. The fraction of sp³-hybridized carbons (Fsp3) is 0.467. The molecule has 1 aromatic carbocycles. The molecule has 0 fully saturated rings. The Morgan fingerprint density at radius 1 is 1.35 bits per heavy atom. The molecule has 3 N–H and O–H groups in total. The first-order valence-electron chi connectivity index (χ1n) is 6.83. The van der Waals surface area contributed by atoms with Crippen LogP contribution < -0.4 is 10.6 Å². The molecule has 0 radical (unpaired) electrons. The minimum atomic E-state index is -0.901. The van der Waals surface area contributed by atoms with E-state index in [2.05, 4.69) is 10.6 Å². The molecule has 0 saturated carbocycles. The zero-order valence-corrected chi connectivity index (χ0v) is 12.0. The zero-order valence-electron chi connectivity index (χ0n) is 12.0. The lowest BCUT2D eigenvalue weighted by Gasteiger charge is -2.16. The van der Waals surface area contributed by atoms with Crippen molar-refractivity contribution in [3.8, 4) is 0 Å². The predicted molar refractivity (Wildman–Crippen MR) is 77.5 cm³/mol. The van der Waals surface area contributed by atoms with Gasteiger partial charge in [0.25, 0.3) is 0 Å². The third kappa shape index (κ3) is 6.22. The highest BCUT2D eigenvalue weighted by atomic mass is 16.4. The summed E-state index contributed by atoms with van der Waals surface area (Å²) in [6.45, 7) is 4.38. The molecule has 0 saturated heterocycles. The summed E-state index contributed by atoms with van der Waals surface area (Å²) in [7, 11) is 0.